The average molecular weight is 288 g/mol. The molecule has 0 fully saturated rings. The topological polar surface area (TPSA) is 0 Å². The zero-order valence-corrected chi connectivity index (χ0v) is 8.59. The Balaban J connectivity index is 3.34. The van der Waals surface area contributed by atoms with Crippen LogP contribution < -0.4 is 0 Å². The molecule has 0 aromatic heterocycles. The molecule has 0 bridgehead atoms. The van der Waals surface area contributed by atoms with Gasteiger partial charge in [-0.1, -0.05) is 11.6 Å². The summed E-state index contributed by atoms with van der Waals surface area (Å²) in [5.74, 6) is -0.354. The lowest BCUT2D eigenvalue weighted by Crippen LogP contribution is -1.78. The summed E-state index contributed by atoms with van der Waals surface area (Å²) >= 11 is 11.8. The van der Waals surface area contributed by atoms with E-state index in [2.05, 4.69) is 31.9 Å². The Kier molecular flexibility index (Phi) is 2.72. The van der Waals surface area contributed by atoms with E-state index >= 15 is 0 Å². The first kappa shape index (κ1) is 8.50. The van der Waals surface area contributed by atoms with Crippen LogP contribution in [-0.2, 0) is 0 Å². The third-order valence-electron chi connectivity index (χ3n) is 0.988. The second-order valence-corrected chi connectivity index (χ2v) is 3.68. The van der Waals surface area contributed by atoms with Gasteiger partial charge in [0.05, 0.1) is 9.50 Å². The highest BCUT2D eigenvalue weighted by Gasteiger charge is 2.05. The van der Waals surface area contributed by atoms with E-state index in [1.165, 1.54) is 6.07 Å². The molecule has 0 saturated carbocycles. The minimum absolute atomic E-state index is 0.295. The number of hydrogen-bond donors (Lipinski definition) is 0. The van der Waals surface area contributed by atoms with Crippen molar-refractivity contribution < 1.29 is 4.39 Å². The standard InChI is InChI=1S/C6H2Br2ClF/c7-3-1-2-4(10)5(8)6(3)9/h1-2H. The number of rotatable bonds is 0. The van der Waals surface area contributed by atoms with Crippen molar-refractivity contribution in [2.24, 2.45) is 0 Å². The van der Waals surface area contributed by atoms with Gasteiger partial charge < -0.3 is 0 Å². The van der Waals surface area contributed by atoms with Gasteiger partial charge in [-0.2, -0.15) is 0 Å². The van der Waals surface area contributed by atoms with Crippen LogP contribution in [0.15, 0.2) is 21.1 Å². The summed E-state index contributed by atoms with van der Waals surface area (Å²) in [6, 6.07) is 2.89. The van der Waals surface area contributed by atoms with Crippen molar-refractivity contribution in [3.63, 3.8) is 0 Å². The lowest BCUT2D eigenvalue weighted by Gasteiger charge is -1.98. The summed E-state index contributed by atoms with van der Waals surface area (Å²) in [6.45, 7) is 0. The van der Waals surface area contributed by atoms with Crippen LogP contribution >= 0.6 is 43.5 Å². The fraction of sp³-hybridized carbons (Fsp3) is 0. The second kappa shape index (κ2) is 3.20. The Labute approximate surface area is 79.6 Å². The highest BCUT2D eigenvalue weighted by Crippen LogP contribution is 2.31. The molecule has 0 saturated heterocycles. The van der Waals surface area contributed by atoms with Crippen LogP contribution in [0.1, 0.15) is 0 Å². The first-order valence-corrected chi connectivity index (χ1v) is 4.38. The Morgan fingerprint density at radius 2 is 1.90 bits per heavy atom. The molecule has 0 radical (unpaired) electrons. The van der Waals surface area contributed by atoms with Crippen molar-refractivity contribution in [1.29, 1.82) is 0 Å². The molecule has 0 aliphatic rings. The summed E-state index contributed by atoms with van der Waals surface area (Å²) in [6.07, 6.45) is 0. The van der Waals surface area contributed by atoms with Gasteiger partial charge in [0.2, 0.25) is 0 Å². The van der Waals surface area contributed by atoms with Gasteiger partial charge in [0.1, 0.15) is 5.82 Å². The molecular formula is C6H2Br2ClF. The van der Waals surface area contributed by atoms with E-state index in [-0.39, 0.29) is 5.82 Å². The molecule has 54 valence electrons. The Morgan fingerprint density at radius 3 is 2.40 bits per heavy atom. The quantitative estimate of drug-likeness (QED) is 0.500. The second-order valence-electron chi connectivity index (χ2n) is 1.66. The monoisotopic (exact) mass is 286 g/mol. The molecule has 0 atom stereocenters. The molecule has 0 nitrogen and oxygen atoms in total. The zero-order chi connectivity index (χ0) is 7.72. The van der Waals surface area contributed by atoms with Crippen molar-refractivity contribution in [3.8, 4) is 0 Å². The van der Waals surface area contributed by atoms with Crippen LogP contribution in [0, 0.1) is 5.82 Å². The summed E-state index contributed by atoms with van der Waals surface area (Å²) in [5, 5.41) is 0.361. The van der Waals surface area contributed by atoms with Crippen LogP contribution in [0.5, 0.6) is 0 Å². The number of hydrogen-bond acceptors (Lipinski definition) is 0. The van der Waals surface area contributed by atoms with Gasteiger partial charge in [-0.3, -0.25) is 0 Å². The fourth-order valence-corrected chi connectivity index (χ4v) is 1.60. The van der Waals surface area contributed by atoms with E-state index in [1.807, 2.05) is 0 Å². The van der Waals surface area contributed by atoms with Crippen LogP contribution in [0.3, 0.4) is 0 Å². The van der Waals surface area contributed by atoms with E-state index < -0.39 is 0 Å². The maximum absolute atomic E-state index is 12.6. The SMILES string of the molecule is Fc1ccc(Br)c(Cl)c1Br. The highest BCUT2D eigenvalue weighted by atomic mass is 79.9. The molecule has 4 heteroatoms. The van der Waals surface area contributed by atoms with Gasteiger partial charge in [0.25, 0.3) is 0 Å². The van der Waals surface area contributed by atoms with Crippen molar-refractivity contribution in [2.45, 2.75) is 0 Å². The predicted molar refractivity (Wildman–Crippen MR) is 46.8 cm³/mol. The molecule has 0 N–H and O–H groups in total. The lowest BCUT2D eigenvalue weighted by atomic mass is 10.3. The summed E-state index contributed by atoms with van der Waals surface area (Å²) in [4.78, 5) is 0. The Bertz CT molecular complexity index is 235. The van der Waals surface area contributed by atoms with Gasteiger partial charge in [-0.05, 0) is 44.0 Å². The molecule has 0 spiro atoms. The van der Waals surface area contributed by atoms with E-state index in [0.717, 1.165) is 0 Å². The first-order valence-electron chi connectivity index (χ1n) is 2.42. The third-order valence-corrected chi connectivity index (χ3v) is 3.27. The lowest BCUT2D eigenvalue weighted by molar-refractivity contribution is 0.621. The fourth-order valence-electron chi connectivity index (χ4n) is 0.502. The highest BCUT2D eigenvalue weighted by molar-refractivity contribution is 9.11. The minimum atomic E-state index is -0.354. The van der Waals surface area contributed by atoms with Crippen LogP contribution in [0.2, 0.25) is 5.02 Å². The van der Waals surface area contributed by atoms with Gasteiger partial charge in [-0.15, -0.1) is 0 Å². The van der Waals surface area contributed by atoms with Crippen molar-refractivity contribution in [2.75, 3.05) is 0 Å². The van der Waals surface area contributed by atoms with Gasteiger partial charge in [0, 0.05) is 4.47 Å². The largest absolute Gasteiger partial charge is 0.206 e. The number of halogens is 4. The zero-order valence-electron chi connectivity index (χ0n) is 4.67. The molecule has 0 amide bonds. The Morgan fingerprint density at radius 1 is 1.30 bits per heavy atom. The molecule has 0 heterocycles. The molecule has 1 aromatic carbocycles. The predicted octanol–water partition coefficient (Wildman–Crippen LogP) is 4.00. The van der Waals surface area contributed by atoms with Crippen LogP contribution in [0.4, 0.5) is 4.39 Å². The smallest absolute Gasteiger partial charge is 0.138 e. The Hall–Kier alpha value is 0.400. The minimum Gasteiger partial charge on any atom is -0.206 e. The third kappa shape index (κ3) is 1.52. The van der Waals surface area contributed by atoms with E-state index in [1.54, 1.807) is 6.07 Å². The molecule has 10 heavy (non-hydrogen) atoms. The van der Waals surface area contributed by atoms with Gasteiger partial charge in [-0.25, -0.2) is 4.39 Å². The average Bonchev–Trinajstić information content (AvgIpc) is 1.93. The van der Waals surface area contributed by atoms with E-state index in [9.17, 15) is 4.39 Å². The van der Waals surface area contributed by atoms with Crippen molar-refractivity contribution >= 4 is 43.5 Å². The maximum Gasteiger partial charge on any atom is 0.138 e. The first-order chi connectivity index (χ1) is 4.63. The summed E-state index contributed by atoms with van der Waals surface area (Å²) < 4.78 is 13.6. The maximum atomic E-state index is 12.6. The van der Waals surface area contributed by atoms with Gasteiger partial charge >= 0.3 is 0 Å². The van der Waals surface area contributed by atoms with Crippen LogP contribution in [0.25, 0.3) is 0 Å². The summed E-state index contributed by atoms with van der Waals surface area (Å²) in [7, 11) is 0. The molecule has 1 rings (SSSR count). The summed E-state index contributed by atoms with van der Waals surface area (Å²) in [5.41, 5.74) is 0. The van der Waals surface area contributed by atoms with Crippen molar-refractivity contribution in [3.05, 3.63) is 31.9 Å². The van der Waals surface area contributed by atoms with Gasteiger partial charge in [0.15, 0.2) is 0 Å². The molecule has 1 aromatic rings. The van der Waals surface area contributed by atoms with Crippen molar-refractivity contribution in [1.82, 2.24) is 0 Å². The molecular weight excluding hydrogens is 286 g/mol. The molecule has 0 aliphatic carbocycles. The molecule has 0 aliphatic heterocycles. The van der Waals surface area contributed by atoms with E-state index in [4.69, 9.17) is 11.6 Å². The van der Waals surface area contributed by atoms with E-state index in [0.29, 0.717) is 14.0 Å². The molecule has 0 unspecified atom stereocenters. The normalized spacial score (nSPS) is 10.0. The number of benzene rings is 1. The van der Waals surface area contributed by atoms with Crippen LogP contribution in [-0.4, -0.2) is 0 Å².